The minimum Gasteiger partial charge on any atom is -0.465 e. The molecule has 1 heterocycles. The van der Waals surface area contributed by atoms with Crippen LogP contribution < -0.4 is 4.90 Å². The Balaban J connectivity index is 2.09. The maximum Gasteiger partial charge on any atom is 0.326 e. The van der Waals surface area contributed by atoms with Gasteiger partial charge in [-0.25, -0.2) is 0 Å². The molecule has 0 unspecified atom stereocenters. The summed E-state index contributed by atoms with van der Waals surface area (Å²) in [6.07, 6.45) is 0. The second kappa shape index (κ2) is 9.15. The van der Waals surface area contributed by atoms with Gasteiger partial charge in [0.1, 0.15) is 12.3 Å². The fourth-order valence-electron chi connectivity index (χ4n) is 2.64. The molecule has 1 aromatic carbocycles. The second-order valence-corrected chi connectivity index (χ2v) is 6.10. The third-order valence-electron chi connectivity index (χ3n) is 3.98. The highest BCUT2D eigenvalue weighted by Gasteiger charge is 2.22. The summed E-state index contributed by atoms with van der Waals surface area (Å²) >= 11 is 0. The Hall–Kier alpha value is -2.67. The number of esters is 1. The van der Waals surface area contributed by atoms with Crippen LogP contribution in [0.25, 0.3) is 0 Å². The van der Waals surface area contributed by atoms with Crippen molar-refractivity contribution in [1.82, 2.24) is 10.1 Å². The van der Waals surface area contributed by atoms with Crippen LogP contribution in [0.4, 0.5) is 5.69 Å². The molecule has 2 aromatic rings. The zero-order valence-electron chi connectivity index (χ0n) is 15.7. The first-order valence-corrected chi connectivity index (χ1v) is 8.53. The number of carbonyl (C=O) groups is 2. The number of rotatable bonds is 8. The summed E-state index contributed by atoms with van der Waals surface area (Å²) in [7, 11) is 1.84. The van der Waals surface area contributed by atoms with Gasteiger partial charge >= 0.3 is 5.97 Å². The number of hydrogen-bond donors (Lipinski definition) is 0. The minimum atomic E-state index is -0.432. The predicted molar refractivity (Wildman–Crippen MR) is 97.7 cm³/mol. The molecule has 0 saturated heterocycles. The summed E-state index contributed by atoms with van der Waals surface area (Å²) in [4.78, 5) is 28.1. The summed E-state index contributed by atoms with van der Waals surface area (Å²) in [6, 6.07) is 9.11. The van der Waals surface area contributed by atoms with Crippen molar-refractivity contribution >= 4 is 17.6 Å². The number of para-hydroxylation sites is 1. The van der Waals surface area contributed by atoms with Crippen LogP contribution in [0.15, 0.2) is 34.9 Å². The Morgan fingerprint density at radius 1 is 1.15 bits per heavy atom. The van der Waals surface area contributed by atoms with Gasteiger partial charge in [-0.05, 0) is 40.0 Å². The summed E-state index contributed by atoms with van der Waals surface area (Å²) in [5.41, 5.74) is 2.45. The molecule has 0 radical (unpaired) electrons. The molecular formula is C19H25N3O4. The van der Waals surface area contributed by atoms with Crippen LogP contribution in [-0.4, -0.2) is 48.7 Å². The van der Waals surface area contributed by atoms with E-state index in [4.69, 9.17) is 9.26 Å². The molecule has 0 spiro atoms. The van der Waals surface area contributed by atoms with Gasteiger partial charge in [0.25, 0.3) is 0 Å². The van der Waals surface area contributed by atoms with Crippen LogP contribution in [0.5, 0.6) is 0 Å². The van der Waals surface area contributed by atoms with Crippen molar-refractivity contribution in [3.8, 4) is 0 Å². The van der Waals surface area contributed by atoms with E-state index in [9.17, 15) is 9.59 Å². The molecule has 0 N–H and O–H groups in total. The lowest BCUT2D eigenvalue weighted by atomic mass is 10.2. The Labute approximate surface area is 153 Å². The van der Waals surface area contributed by atoms with Gasteiger partial charge in [-0.1, -0.05) is 23.4 Å². The number of ether oxygens (including phenoxy) is 1. The average molecular weight is 359 g/mol. The Morgan fingerprint density at radius 3 is 2.42 bits per heavy atom. The van der Waals surface area contributed by atoms with Crippen molar-refractivity contribution in [2.75, 3.05) is 31.6 Å². The van der Waals surface area contributed by atoms with Crippen molar-refractivity contribution in [2.24, 2.45) is 0 Å². The average Bonchev–Trinajstić information content (AvgIpc) is 2.92. The summed E-state index contributed by atoms with van der Waals surface area (Å²) in [5, 5.41) is 3.93. The van der Waals surface area contributed by atoms with E-state index in [1.807, 2.05) is 44.0 Å². The number of hydrogen-bond acceptors (Lipinski definition) is 6. The molecular weight excluding hydrogens is 334 g/mol. The highest BCUT2D eigenvalue weighted by Crippen LogP contribution is 2.16. The lowest BCUT2D eigenvalue weighted by Gasteiger charge is -2.25. The number of nitrogens with zero attached hydrogens (tertiary/aromatic N) is 3. The van der Waals surface area contributed by atoms with E-state index in [2.05, 4.69) is 5.16 Å². The minimum absolute atomic E-state index is 0.115. The molecule has 0 bridgehead atoms. The predicted octanol–water partition coefficient (Wildman–Crippen LogP) is 2.32. The molecule has 2 rings (SSSR count). The van der Waals surface area contributed by atoms with Gasteiger partial charge in [0.05, 0.1) is 18.8 Å². The van der Waals surface area contributed by atoms with E-state index in [0.29, 0.717) is 12.2 Å². The molecule has 140 valence electrons. The number of likely N-dealkylation sites (N-methyl/N-ethyl adjacent to an activating group) is 1. The van der Waals surface area contributed by atoms with Crippen LogP contribution >= 0.6 is 0 Å². The Morgan fingerprint density at radius 2 is 1.85 bits per heavy atom. The standard InChI is InChI=1S/C19H25N3O4/c1-5-25-19(24)13-22(16-9-7-6-8-10-16)18(23)12-21(4)11-17-14(2)20-26-15(17)3/h6-10H,5,11-13H2,1-4H3. The van der Waals surface area contributed by atoms with E-state index in [0.717, 1.165) is 17.0 Å². The monoisotopic (exact) mass is 359 g/mol. The Kier molecular flexibility index (Phi) is 6.91. The zero-order chi connectivity index (χ0) is 19.1. The molecule has 0 fully saturated rings. The summed E-state index contributed by atoms with van der Waals surface area (Å²) in [5.74, 6) is 0.129. The summed E-state index contributed by atoms with van der Waals surface area (Å²) in [6.45, 7) is 6.31. The Bertz CT molecular complexity index is 723. The normalized spacial score (nSPS) is 10.8. The molecule has 0 atom stereocenters. The van der Waals surface area contributed by atoms with E-state index >= 15 is 0 Å². The maximum absolute atomic E-state index is 12.8. The maximum atomic E-state index is 12.8. The quantitative estimate of drug-likeness (QED) is 0.673. The molecule has 7 nitrogen and oxygen atoms in total. The van der Waals surface area contributed by atoms with Crippen LogP contribution in [0.1, 0.15) is 23.9 Å². The van der Waals surface area contributed by atoms with Crippen molar-refractivity contribution in [1.29, 1.82) is 0 Å². The molecule has 7 heteroatoms. The fourth-order valence-corrected chi connectivity index (χ4v) is 2.64. The van der Waals surface area contributed by atoms with E-state index in [1.54, 1.807) is 19.1 Å². The van der Waals surface area contributed by atoms with Crippen LogP contribution in [0, 0.1) is 13.8 Å². The molecule has 26 heavy (non-hydrogen) atoms. The number of carbonyl (C=O) groups excluding carboxylic acids is 2. The third kappa shape index (κ3) is 5.16. The van der Waals surface area contributed by atoms with Gasteiger partial charge in [0.2, 0.25) is 5.91 Å². The van der Waals surface area contributed by atoms with E-state index in [-0.39, 0.29) is 25.6 Å². The number of benzene rings is 1. The van der Waals surface area contributed by atoms with Gasteiger partial charge in [-0.2, -0.15) is 0 Å². The number of aromatic nitrogens is 1. The van der Waals surface area contributed by atoms with Gasteiger partial charge in [-0.15, -0.1) is 0 Å². The van der Waals surface area contributed by atoms with Crippen molar-refractivity contribution in [3.63, 3.8) is 0 Å². The molecule has 0 saturated carbocycles. The molecule has 0 aliphatic heterocycles. The molecule has 0 aliphatic carbocycles. The lowest BCUT2D eigenvalue weighted by molar-refractivity contribution is -0.142. The van der Waals surface area contributed by atoms with E-state index in [1.165, 1.54) is 4.90 Å². The van der Waals surface area contributed by atoms with Gasteiger partial charge in [0.15, 0.2) is 0 Å². The number of amides is 1. The fraction of sp³-hybridized carbons (Fsp3) is 0.421. The number of aryl methyl sites for hydroxylation is 2. The van der Waals surface area contributed by atoms with Gasteiger partial charge in [-0.3, -0.25) is 14.5 Å². The zero-order valence-corrected chi connectivity index (χ0v) is 15.7. The van der Waals surface area contributed by atoms with Gasteiger partial charge in [0, 0.05) is 17.8 Å². The van der Waals surface area contributed by atoms with Gasteiger partial charge < -0.3 is 14.2 Å². The van der Waals surface area contributed by atoms with Crippen LogP contribution in [-0.2, 0) is 20.9 Å². The highest BCUT2D eigenvalue weighted by atomic mass is 16.5. The largest absolute Gasteiger partial charge is 0.465 e. The van der Waals surface area contributed by atoms with Crippen molar-refractivity contribution in [2.45, 2.75) is 27.3 Å². The van der Waals surface area contributed by atoms with E-state index < -0.39 is 5.97 Å². The second-order valence-electron chi connectivity index (χ2n) is 6.10. The van der Waals surface area contributed by atoms with Crippen molar-refractivity contribution in [3.05, 3.63) is 47.3 Å². The molecule has 1 aromatic heterocycles. The molecule has 1 amide bonds. The SMILES string of the molecule is CCOC(=O)CN(C(=O)CN(C)Cc1c(C)noc1C)c1ccccc1. The van der Waals surface area contributed by atoms with Crippen LogP contribution in [0.2, 0.25) is 0 Å². The first kappa shape index (κ1) is 19.7. The van der Waals surface area contributed by atoms with Crippen molar-refractivity contribution < 1.29 is 18.8 Å². The molecule has 0 aliphatic rings. The first-order valence-electron chi connectivity index (χ1n) is 8.53. The topological polar surface area (TPSA) is 75.9 Å². The smallest absolute Gasteiger partial charge is 0.326 e. The summed E-state index contributed by atoms with van der Waals surface area (Å²) < 4.78 is 10.2. The lowest BCUT2D eigenvalue weighted by Crippen LogP contribution is -2.42. The first-order chi connectivity index (χ1) is 12.4. The number of anilines is 1. The third-order valence-corrected chi connectivity index (χ3v) is 3.98. The van der Waals surface area contributed by atoms with Crippen LogP contribution in [0.3, 0.4) is 0 Å². The highest BCUT2D eigenvalue weighted by molar-refractivity contribution is 5.98.